The van der Waals surface area contributed by atoms with Gasteiger partial charge in [0.2, 0.25) is 5.11 Å². The molecule has 0 bridgehead atoms. The highest BCUT2D eigenvalue weighted by molar-refractivity contribution is 7.80. The summed E-state index contributed by atoms with van der Waals surface area (Å²) in [7, 11) is 0. The second kappa shape index (κ2) is 10.4. The summed E-state index contributed by atoms with van der Waals surface area (Å²) >= 11 is 23.4. The van der Waals surface area contributed by atoms with Crippen molar-refractivity contribution in [3.63, 3.8) is 0 Å². The van der Waals surface area contributed by atoms with Gasteiger partial charge in [0.15, 0.2) is 6.21 Å². The SMILES string of the molecule is C=CCNC(=S)N[NH+]=Cc1cccc(OCc2c(Cl)ccc(Cl)c2Cl)c1. The van der Waals surface area contributed by atoms with Gasteiger partial charge >= 0.3 is 0 Å². The molecule has 0 radical (unpaired) electrons. The summed E-state index contributed by atoms with van der Waals surface area (Å²) in [5.74, 6) is 0.667. The first-order valence-electron chi connectivity index (χ1n) is 7.60. The third-order valence-corrected chi connectivity index (χ3v) is 4.66. The van der Waals surface area contributed by atoms with Crippen LogP contribution >= 0.6 is 47.0 Å². The van der Waals surface area contributed by atoms with Crippen molar-refractivity contribution in [1.82, 2.24) is 10.7 Å². The molecular formula is C18H17Cl3N3OS+. The molecule has 136 valence electrons. The molecule has 0 atom stereocenters. The van der Waals surface area contributed by atoms with Crippen LogP contribution in [0.2, 0.25) is 15.1 Å². The Kier molecular flexibility index (Phi) is 8.19. The quantitative estimate of drug-likeness (QED) is 0.208. The maximum absolute atomic E-state index is 6.19. The van der Waals surface area contributed by atoms with Crippen LogP contribution in [-0.2, 0) is 6.61 Å². The highest BCUT2D eigenvalue weighted by atomic mass is 35.5. The van der Waals surface area contributed by atoms with Crippen LogP contribution in [-0.4, -0.2) is 17.9 Å². The van der Waals surface area contributed by atoms with Gasteiger partial charge in [-0.25, -0.2) is 0 Å². The maximum Gasteiger partial charge on any atom is 0.224 e. The van der Waals surface area contributed by atoms with Gasteiger partial charge in [-0.1, -0.05) is 46.9 Å². The smallest absolute Gasteiger partial charge is 0.224 e. The number of thiocarbonyl (C=S) groups is 1. The van der Waals surface area contributed by atoms with Crippen LogP contribution in [0.5, 0.6) is 5.75 Å². The molecule has 0 aliphatic rings. The van der Waals surface area contributed by atoms with E-state index < -0.39 is 0 Å². The van der Waals surface area contributed by atoms with E-state index in [4.69, 9.17) is 51.8 Å². The van der Waals surface area contributed by atoms with Crippen molar-refractivity contribution < 1.29 is 9.84 Å². The number of nitrogens with one attached hydrogen (secondary N) is 3. The Labute approximate surface area is 172 Å². The zero-order chi connectivity index (χ0) is 18.9. The normalized spacial score (nSPS) is 10.6. The minimum atomic E-state index is 0.211. The second-order valence-corrected chi connectivity index (χ2v) is 6.70. The highest BCUT2D eigenvalue weighted by Gasteiger charge is 2.10. The Morgan fingerprint density at radius 1 is 1.19 bits per heavy atom. The lowest BCUT2D eigenvalue weighted by atomic mass is 10.2. The van der Waals surface area contributed by atoms with Gasteiger partial charge in [-0.3, -0.25) is 0 Å². The number of hydrazone groups is 1. The Balaban J connectivity index is 1.98. The number of hydrogen-bond acceptors (Lipinski definition) is 2. The lowest BCUT2D eigenvalue weighted by Crippen LogP contribution is -2.82. The maximum atomic E-state index is 6.19. The minimum absolute atomic E-state index is 0.211. The number of rotatable bonds is 7. The van der Waals surface area contributed by atoms with E-state index in [-0.39, 0.29) is 6.61 Å². The first-order chi connectivity index (χ1) is 12.5. The molecule has 0 heterocycles. The van der Waals surface area contributed by atoms with Crippen molar-refractivity contribution in [2.45, 2.75) is 6.61 Å². The lowest BCUT2D eigenvalue weighted by Gasteiger charge is -2.10. The van der Waals surface area contributed by atoms with Gasteiger partial charge in [-0.2, -0.15) is 0 Å². The van der Waals surface area contributed by atoms with Crippen molar-refractivity contribution in [1.29, 1.82) is 0 Å². The van der Waals surface area contributed by atoms with Gasteiger partial charge in [-0.05, 0) is 42.5 Å². The van der Waals surface area contributed by atoms with Crippen molar-refractivity contribution in [3.8, 4) is 5.75 Å². The number of hydrogen-bond donors (Lipinski definition) is 3. The molecule has 0 aliphatic carbocycles. The fourth-order valence-corrected chi connectivity index (χ4v) is 2.74. The van der Waals surface area contributed by atoms with Crippen LogP contribution in [0.1, 0.15) is 11.1 Å². The van der Waals surface area contributed by atoms with Crippen molar-refractivity contribution in [2.75, 3.05) is 6.54 Å². The molecule has 0 unspecified atom stereocenters. The van der Waals surface area contributed by atoms with Crippen molar-refractivity contribution >= 4 is 58.3 Å². The van der Waals surface area contributed by atoms with Gasteiger partial charge in [0.1, 0.15) is 12.4 Å². The molecular weight excluding hydrogens is 413 g/mol. The van der Waals surface area contributed by atoms with Crippen molar-refractivity contribution in [3.05, 3.63) is 75.2 Å². The summed E-state index contributed by atoms with van der Waals surface area (Å²) in [6.07, 6.45) is 3.48. The summed E-state index contributed by atoms with van der Waals surface area (Å²) in [5.41, 5.74) is 4.38. The van der Waals surface area contributed by atoms with Crippen LogP contribution in [0.15, 0.2) is 49.1 Å². The molecule has 2 rings (SSSR count). The Bertz CT molecular complexity index is 827. The molecule has 3 N–H and O–H groups in total. The van der Waals surface area contributed by atoms with E-state index in [0.717, 1.165) is 5.56 Å². The molecule has 0 saturated carbocycles. The standard InChI is InChI=1S/C18H16Cl3N3OS/c1-2-8-22-18(26)24-23-10-12-4-3-5-13(9-12)25-11-14-15(19)6-7-16(20)17(14)21/h2-7,9-10H,1,8,11H2,(H2,22,24,26)/p+1. The number of ether oxygens (including phenoxy) is 1. The van der Waals surface area contributed by atoms with E-state index in [9.17, 15) is 0 Å². The van der Waals surface area contributed by atoms with E-state index >= 15 is 0 Å². The first kappa shape index (κ1) is 20.5. The molecule has 0 spiro atoms. The molecule has 0 saturated heterocycles. The predicted molar refractivity (Wildman–Crippen MR) is 112 cm³/mol. The molecule has 2 aromatic rings. The zero-order valence-corrected chi connectivity index (χ0v) is 16.8. The fourth-order valence-electron chi connectivity index (χ4n) is 1.95. The molecule has 0 amide bonds. The average molecular weight is 430 g/mol. The summed E-state index contributed by atoms with van der Waals surface area (Å²) < 4.78 is 5.78. The molecule has 8 heteroatoms. The van der Waals surface area contributed by atoms with E-state index in [2.05, 4.69) is 22.4 Å². The minimum Gasteiger partial charge on any atom is -0.489 e. The highest BCUT2D eigenvalue weighted by Crippen LogP contribution is 2.32. The number of benzene rings is 2. The predicted octanol–water partition coefficient (Wildman–Crippen LogP) is 3.29. The van der Waals surface area contributed by atoms with Crippen LogP contribution in [0.4, 0.5) is 0 Å². The van der Waals surface area contributed by atoms with E-state index in [1.54, 1.807) is 24.4 Å². The largest absolute Gasteiger partial charge is 0.489 e. The number of halogens is 3. The van der Waals surface area contributed by atoms with Gasteiger partial charge in [0.05, 0.1) is 10.0 Å². The average Bonchev–Trinajstić information content (AvgIpc) is 2.63. The molecule has 0 aliphatic heterocycles. The summed E-state index contributed by atoms with van der Waals surface area (Å²) in [6.45, 7) is 4.41. The van der Waals surface area contributed by atoms with Crippen LogP contribution < -0.4 is 20.6 Å². The molecule has 4 nitrogen and oxygen atoms in total. The third-order valence-electron chi connectivity index (χ3n) is 3.21. The van der Waals surface area contributed by atoms with Gasteiger partial charge < -0.3 is 10.1 Å². The van der Waals surface area contributed by atoms with Gasteiger partial charge in [-0.15, -0.1) is 17.1 Å². The van der Waals surface area contributed by atoms with Crippen LogP contribution in [0, 0.1) is 0 Å². The van der Waals surface area contributed by atoms with Crippen LogP contribution in [0.3, 0.4) is 0 Å². The van der Waals surface area contributed by atoms with E-state index in [0.29, 0.717) is 38.0 Å². The van der Waals surface area contributed by atoms with E-state index in [1.165, 1.54) is 0 Å². The topological polar surface area (TPSA) is 47.3 Å². The van der Waals surface area contributed by atoms with E-state index in [1.807, 2.05) is 24.3 Å². The van der Waals surface area contributed by atoms with Gasteiger partial charge in [0.25, 0.3) is 0 Å². The monoisotopic (exact) mass is 428 g/mol. The Morgan fingerprint density at radius 3 is 2.73 bits per heavy atom. The molecule has 0 fully saturated rings. The summed E-state index contributed by atoms with van der Waals surface area (Å²) in [5, 5.41) is 7.67. The molecule has 26 heavy (non-hydrogen) atoms. The third kappa shape index (κ3) is 6.18. The number of hydrazine groups is 1. The van der Waals surface area contributed by atoms with Crippen molar-refractivity contribution in [2.24, 2.45) is 0 Å². The molecule has 2 aromatic carbocycles. The Hall–Kier alpha value is -1.79. The molecule has 0 aromatic heterocycles. The zero-order valence-electron chi connectivity index (χ0n) is 13.7. The van der Waals surface area contributed by atoms with Crippen LogP contribution in [0.25, 0.3) is 0 Å². The fraction of sp³-hybridized carbons (Fsp3) is 0.111. The second-order valence-electron chi connectivity index (χ2n) is 5.10. The summed E-state index contributed by atoms with van der Waals surface area (Å²) in [4.78, 5) is 0. The first-order valence-corrected chi connectivity index (χ1v) is 9.14. The summed E-state index contributed by atoms with van der Waals surface area (Å²) in [6, 6.07) is 10.8. The lowest BCUT2D eigenvalue weighted by molar-refractivity contribution is -0.500. The Morgan fingerprint density at radius 2 is 1.96 bits per heavy atom. The van der Waals surface area contributed by atoms with Gasteiger partial charge in [0, 0.05) is 22.7 Å².